The molecule has 0 amide bonds. The van der Waals surface area contributed by atoms with Crippen LogP contribution < -0.4 is 25.0 Å². The lowest BCUT2D eigenvalue weighted by molar-refractivity contribution is 0.00968. The van der Waals surface area contributed by atoms with Crippen LogP contribution in [0.2, 0.25) is 0 Å². The molecule has 4 N–H and O–H groups in total. The number of hydrazine groups is 1. The molecule has 0 radical (unpaired) electrons. The third kappa shape index (κ3) is 6.46. The largest absolute Gasteiger partial charge is 0.493 e. The summed E-state index contributed by atoms with van der Waals surface area (Å²) in [5.41, 5.74) is 3.46. The van der Waals surface area contributed by atoms with Crippen molar-refractivity contribution in [2.75, 3.05) is 25.6 Å². The Hall–Kier alpha value is -4.11. The number of H-pyrrole nitrogens is 1. The van der Waals surface area contributed by atoms with Crippen LogP contribution in [0.3, 0.4) is 0 Å². The monoisotopic (exact) mass is 587 g/mol. The van der Waals surface area contributed by atoms with Crippen molar-refractivity contribution in [3.05, 3.63) is 77.6 Å². The van der Waals surface area contributed by atoms with Gasteiger partial charge in [-0.1, -0.05) is 12.1 Å². The summed E-state index contributed by atoms with van der Waals surface area (Å²) in [4.78, 5) is 23.0. The van der Waals surface area contributed by atoms with Gasteiger partial charge < -0.3 is 24.5 Å². The molecule has 2 aromatic heterocycles. The summed E-state index contributed by atoms with van der Waals surface area (Å²) < 4.78 is 67.2. The Morgan fingerprint density at radius 3 is 2.66 bits per heavy atom. The zero-order chi connectivity index (χ0) is 28.9. The lowest BCUT2D eigenvalue weighted by Crippen LogP contribution is -2.43. The normalized spacial score (nSPS) is 17.1. The number of aromatic nitrogens is 2. The fraction of sp³-hybridized carbons (Fsp3) is 0.259. The maximum atomic E-state index is 15.2. The fourth-order valence-corrected chi connectivity index (χ4v) is 4.83. The Morgan fingerprint density at radius 2 is 1.95 bits per heavy atom. The fourth-order valence-electron chi connectivity index (χ4n) is 4.61. The predicted octanol–water partition coefficient (Wildman–Crippen LogP) is 3.45. The number of benzene rings is 2. The molecule has 11 nitrogen and oxygen atoms in total. The maximum absolute atomic E-state index is 15.2. The Bertz CT molecular complexity index is 1630. The maximum Gasteiger partial charge on any atom is 0.214 e. The highest BCUT2D eigenvalue weighted by Crippen LogP contribution is 2.37. The second-order valence-electron chi connectivity index (χ2n) is 9.25. The summed E-state index contributed by atoms with van der Waals surface area (Å²) in [5.74, 6) is -1.68. The number of carbonyl (C=O) groups is 1. The molecule has 5 rings (SSSR count). The molecule has 1 aliphatic rings. The van der Waals surface area contributed by atoms with Gasteiger partial charge in [-0.3, -0.25) is 4.79 Å². The number of rotatable bonds is 11. The van der Waals surface area contributed by atoms with Crippen molar-refractivity contribution in [1.29, 1.82) is 0 Å². The first-order valence-corrected chi connectivity index (χ1v) is 13.8. The minimum atomic E-state index is -2.75. The lowest BCUT2D eigenvalue weighted by Gasteiger charge is -2.30. The number of halogens is 2. The molecular formula is C27H27F2N5O6S. The van der Waals surface area contributed by atoms with Crippen molar-refractivity contribution in [1.82, 2.24) is 20.2 Å². The van der Waals surface area contributed by atoms with Gasteiger partial charge in [0.2, 0.25) is 10.9 Å². The number of methoxy groups -OCH3 is 1. The molecule has 1 fully saturated rings. The van der Waals surface area contributed by atoms with Crippen LogP contribution in [0, 0.1) is 11.6 Å². The Kier molecular flexibility index (Phi) is 8.73. The zero-order valence-electron chi connectivity index (χ0n) is 21.8. The van der Waals surface area contributed by atoms with Crippen LogP contribution in [0.15, 0.2) is 54.9 Å². The van der Waals surface area contributed by atoms with Gasteiger partial charge >= 0.3 is 0 Å². The Balaban J connectivity index is 1.37. The molecule has 4 aromatic rings. The number of nitrogens with zero attached hydrogens (tertiary/aromatic N) is 1. The summed E-state index contributed by atoms with van der Waals surface area (Å²) in [5, 5.41) is 3.81. The van der Waals surface area contributed by atoms with E-state index >= 15 is 4.39 Å². The Labute approximate surface area is 235 Å². The summed E-state index contributed by atoms with van der Waals surface area (Å²) in [6.07, 6.45) is 4.11. The van der Waals surface area contributed by atoms with E-state index in [1.807, 2.05) is 0 Å². The van der Waals surface area contributed by atoms with Gasteiger partial charge in [0.15, 0.2) is 23.1 Å². The highest BCUT2D eigenvalue weighted by Gasteiger charge is 2.27. The molecule has 216 valence electrons. The molecule has 41 heavy (non-hydrogen) atoms. The first kappa shape index (κ1) is 28.4. The number of ether oxygens (including phenoxy) is 3. The summed E-state index contributed by atoms with van der Waals surface area (Å²) in [6.45, 7) is 0.625. The molecule has 0 bridgehead atoms. The molecule has 0 spiro atoms. The van der Waals surface area contributed by atoms with Gasteiger partial charge in [0.05, 0.1) is 48.2 Å². The first-order chi connectivity index (χ1) is 19.8. The number of para-hydroxylation sites is 1. The van der Waals surface area contributed by atoms with Crippen molar-refractivity contribution in [3.8, 4) is 17.2 Å². The number of carbonyl (C=O) groups excluding carboxylic acids is 1. The third-order valence-corrected chi connectivity index (χ3v) is 6.94. The van der Waals surface area contributed by atoms with E-state index in [9.17, 15) is 17.6 Å². The molecule has 0 unspecified atom stereocenters. The van der Waals surface area contributed by atoms with E-state index in [0.717, 1.165) is 6.07 Å². The number of nitrogens with one attached hydrogen (secondary N) is 4. The summed E-state index contributed by atoms with van der Waals surface area (Å²) >= 11 is 0. The van der Waals surface area contributed by atoms with E-state index in [2.05, 4.69) is 25.5 Å². The molecule has 14 heteroatoms. The van der Waals surface area contributed by atoms with Crippen LogP contribution in [0.1, 0.15) is 28.8 Å². The number of thiol groups is 1. The topological polar surface area (TPSA) is 144 Å². The van der Waals surface area contributed by atoms with Crippen molar-refractivity contribution in [3.63, 3.8) is 0 Å². The number of ketones is 1. The van der Waals surface area contributed by atoms with Crippen LogP contribution in [-0.2, 0) is 15.6 Å². The number of hydrogen-bond acceptors (Lipinski definition) is 9. The van der Waals surface area contributed by atoms with Crippen LogP contribution in [-0.4, -0.2) is 56.6 Å². The van der Waals surface area contributed by atoms with E-state index < -0.39 is 28.3 Å². The highest BCUT2D eigenvalue weighted by atomic mass is 32.2. The van der Waals surface area contributed by atoms with E-state index in [1.165, 1.54) is 49.8 Å². The second kappa shape index (κ2) is 12.6. The summed E-state index contributed by atoms with van der Waals surface area (Å²) in [6, 6.07) is 9.29. The quantitative estimate of drug-likeness (QED) is 0.101. The molecule has 0 saturated carbocycles. The minimum Gasteiger partial charge on any atom is -0.493 e. The smallest absolute Gasteiger partial charge is 0.214 e. The van der Waals surface area contributed by atoms with E-state index in [-0.39, 0.29) is 34.8 Å². The van der Waals surface area contributed by atoms with Gasteiger partial charge in [0, 0.05) is 24.8 Å². The average molecular weight is 588 g/mol. The van der Waals surface area contributed by atoms with Gasteiger partial charge in [0.1, 0.15) is 17.2 Å². The summed E-state index contributed by atoms with van der Waals surface area (Å²) in [7, 11) is -1.28. The number of aromatic amines is 1. The molecule has 2 atom stereocenters. The van der Waals surface area contributed by atoms with Crippen molar-refractivity contribution in [2.24, 2.45) is 0 Å². The zero-order valence-corrected chi connectivity index (χ0v) is 22.7. The van der Waals surface area contributed by atoms with Crippen molar-refractivity contribution < 1.29 is 36.2 Å². The van der Waals surface area contributed by atoms with Crippen molar-refractivity contribution >= 4 is 33.4 Å². The van der Waals surface area contributed by atoms with Crippen LogP contribution in [0.5, 0.6) is 17.2 Å². The second-order valence-corrected chi connectivity index (χ2v) is 9.99. The predicted molar refractivity (Wildman–Crippen MR) is 147 cm³/mol. The van der Waals surface area contributed by atoms with Gasteiger partial charge in [-0.2, -0.15) is 4.83 Å². The molecule has 2 aromatic carbocycles. The molecule has 0 aliphatic carbocycles. The third-order valence-electron chi connectivity index (χ3n) is 6.60. The molecule has 1 saturated heterocycles. The average Bonchev–Trinajstić information content (AvgIpc) is 3.40. The standard InChI is InChI=1S/C27H27F2N5O6S/c1-38-23-13-31-27-24(25(23)33-15-6-7-17(39-14-15)11-32-34-41(36)37)19(12-30-27)26(35)18-9-8-16(10-21(18)29)40-22-5-3-2-4-20(22)28/h2-5,8-10,12-13,15,17,32,41H,6-7,11,14H2,1H3,(H2,30,31,33)(H,34,36,37)/t15-,17+/m1/s1. The number of pyridine rings is 1. The molecular weight excluding hydrogens is 560 g/mol. The van der Waals surface area contributed by atoms with Crippen LogP contribution in [0.25, 0.3) is 11.0 Å². The van der Waals surface area contributed by atoms with Gasteiger partial charge in [-0.05, 0) is 37.1 Å². The van der Waals surface area contributed by atoms with Crippen LogP contribution in [0.4, 0.5) is 14.5 Å². The number of anilines is 1. The molecule has 3 heterocycles. The van der Waals surface area contributed by atoms with E-state index in [1.54, 1.807) is 6.07 Å². The number of hydrogen-bond donors (Lipinski definition) is 5. The van der Waals surface area contributed by atoms with E-state index in [4.69, 9.17) is 14.2 Å². The van der Waals surface area contributed by atoms with Gasteiger partial charge in [-0.15, -0.1) is 0 Å². The van der Waals surface area contributed by atoms with Gasteiger partial charge in [0.25, 0.3) is 0 Å². The highest BCUT2D eigenvalue weighted by molar-refractivity contribution is 7.70. The molecule has 1 aliphatic heterocycles. The van der Waals surface area contributed by atoms with Gasteiger partial charge in [-0.25, -0.2) is 27.6 Å². The minimum absolute atomic E-state index is 0.0391. The first-order valence-electron chi connectivity index (χ1n) is 12.7. The lowest BCUT2D eigenvalue weighted by atomic mass is 10.0. The van der Waals surface area contributed by atoms with Crippen molar-refractivity contribution in [2.45, 2.75) is 25.0 Å². The SMILES string of the molecule is COc1cnc2[nH]cc(C(=O)c3ccc(Oc4ccccc4F)cc3F)c2c1N[C@@H]1CC[C@@H](CNN[SH](=O)=O)OC1. The van der Waals surface area contributed by atoms with E-state index in [0.29, 0.717) is 48.5 Å². The Morgan fingerprint density at radius 1 is 1.12 bits per heavy atom. The number of fused-ring (bicyclic) bond motifs is 1. The van der Waals surface area contributed by atoms with Crippen LogP contribution >= 0.6 is 0 Å².